The Bertz CT molecular complexity index is 281. The minimum Gasteiger partial charge on any atom is -0.505 e. The number of rotatable bonds is 8. The van der Waals surface area contributed by atoms with Crippen LogP contribution in [0.25, 0.3) is 4.98 Å². The van der Waals surface area contributed by atoms with Gasteiger partial charge in [0.2, 0.25) is 5.39 Å². The molecule has 0 aromatic rings. The fraction of sp³-hybridized carbons (Fsp3) is 0.500. The predicted octanol–water partition coefficient (Wildman–Crippen LogP) is 3.08. The molecule has 4 heteroatoms. The van der Waals surface area contributed by atoms with Gasteiger partial charge in [-0.15, -0.1) is 13.2 Å². The quantitative estimate of drug-likeness (QED) is 0.390. The maximum atomic E-state index is 9.29. The van der Waals surface area contributed by atoms with Crippen LogP contribution in [0.3, 0.4) is 0 Å². The fourth-order valence-electron chi connectivity index (χ4n) is 1.44. The van der Waals surface area contributed by atoms with E-state index in [2.05, 4.69) is 30.0 Å². The Hall–Kier alpha value is -1.60. The maximum Gasteiger partial charge on any atom is 0.387 e. The molecule has 88 valence electrons. The standard InChI is InChI=1S/C12H19N3O/c1-4-8-15(9-5-2)11(3)6-7-12(16)10-14-13/h4-5,10-11H,1-2,6-9H2,3H3/p+1/b12-10+. The summed E-state index contributed by atoms with van der Waals surface area (Å²) in [5.74, 6) is 0.0894. The summed E-state index contributed by atoms with van der Waals surface area (Å²) >= 11 is 0. The Morgan fingerprint density at radius 1 is 1.44 bits per heavy atom. The van der Waals surface area contributed by atoms with Gasteiger partial charge in [0.15, 0.2) is 10.7 Å². The molecule has 0 aliphatic carbocycles. The zero-order valence-electron chi connectivity index (χ0n) is 9.84. The largest absolute Gasteiger partial charge is 0.505 e. The van der Waals surface area contributed by atoms with Gasteiger partial charge in [-0.3, -0.25) is 4.90 Å². The lowest BCUT2D eigenvalue weighted by Gasteiger charge is -2.26. The average Bonchev–Trinajstić information content (AvgIpc) is 2.26. The van der Waals surface area contributed by atoms with Crippen LogP contribution in [0.5, 0.6) is 0 Å². The van der Waals surface area contributed by atoms with Crippen LogP contribution in [0.2, 0.25) is 0 Å². The van der Waals surface area contributed by atoms with Gasteiger partial charge in [-0.25, -0.2) is 0 Å². The zero-order valence-corrected chi connectivity index (χ0v) is 9.84. The van der Waals surface area contributed by atoms with Crippen molar-refractivity contribution in [3.05, 3.63) is 42.2 Å². The van der Waals surface area contributed by atoms with Crippen molar-refractivity contribution in [2.45, 2.75) is 25.8 Å². The summed E-state index contributed by atoms with van der Waals surface area (Å²) in [6.45, 7) is 11.1. The molecule has 0 spiro atoms. The minimum absolute atomic E-state index is 0.0894. The third-order valence-corrected chi connectivity index (χ3v) is 2.38. The van der Waals surface area contributed by atoms with E-state index in [1.807, 2.05) is 12.2 Å². The highest BCUT2D eigenvalue weighted by Gasteiger charge is 2.12. The summed E-state index contributed by atoms with van der Waals surface area (Å²) in [6.07, 6.45) is 6.03. The number of nitrogens with zero attached hydrogens (tertiary/aromatic N) is 3. The van der Waals surface area contributed by atoms with Crippen molar-refractivity contribution < 1.29 is 5.11 Å². The van der Waals surface area contributed by atoms with Crippen LogP contribution in [-0.2, 0) is 0 Å². The summed E-state index contributed by atoms with van der Waals surface area (Å²) in [4.78, 5) is 4.97. The zero-order chi connectivity index (χ0) is 12.4. The van der Waals surface area contributed by atoms with Crippen LogP contribution < -0.4 is 0 Å². The summed E-state index contributed by atoms with van der Waals surface area (Å²) in [5.41, 5.74) is 0. The van der Waals surface area contributed by atoms with Crippen molar-refractivity contribution in [1.29, 1.82) is 5.39 Å². The Morgan fingerprint density at radius 3 is 2.44 bits per heavy atom. The molecular formula is C12H20N3O+. The lowest BCUT2D eigenvalue weighted by molar-refractivity contribution is 0.236. The monoisotopic (exact) mass is 222 g/mol. The smallest absolute Gasteiger partial charge is 0.387 e. The first-order chi connectivity index (χ1) is 7.65. The van der Waals surface area contributed by atoms with Gasteiger partial charge in [0, 0.05) is 25.6 Å². The molecule has 1 atom stereocenters. The topological polar surface area (TPSA) is 51.6 Å². The first-order valence-corrected chi connectivity index (χ1v) is 5.33. The van der Waals surface area contributed by atoms with Gasteiger partial charge in [0.1, 0.15) is 0 Å². The van der Waals surface area contributed by atoms with E-state index in [1.54, 1.807) is 0 Å². The van der Waals surface area contributed by atoms with E-state index >= 15 is 0 Å². The van der Waals surface area contributed by atoms with Gasteiger partial charge in [0.25, 0.3) is 0 Å². The second-order valence-corrected chi connectivity index (χ2v) is 3.65. The van der Waals surface area contributed by atoms with E-state index in [4.69, 9.17) is 5.39 Å². The van der Waals surface area contributed by atoms with Gasteiger partial charge < -0.3 is 5.11 Å². The van der Waals surface area contributed by atoms with Crippen LogP contribution in [0.1, 0.15) is 19.8 Å². The van der Waals surface area contributed by atoms with E-state index in [9.17, 15) is 5.11 Å². The van der Waals surface area contributed by atoms with Crippen LogP contribution in [-0.4, -0.2) is 29.1 Å². The SMILES string of the molecule is C=CCN(CC=C)C(C)CC/C(O)=C\[N+]#N. The average molecular weight is 222 g/mol. The van der Waals surface area contributed by atoms with E-state index < -0.39 is 0 Å². The summed E-state index contributed by atoms with van der Waals surface area (Å²) in [6, 6.07) is 0.310. The van der Waals surface area contributed by atoms with Crippen LogP contribution in [0.4, 0.5) is 0 Å². The maximum absolute atomic E-state index is 9.29. The minimum atomic E-state index is 0.0894. The molecule has 0 fully saturated rings. The van der Waals surface area contributed by atoms with E-state index in [1.165, 1.54) is 0 Å². The third kappa shape index (κ3) is 5.99. The number of allylic oxidation sites excluding steroid dienone is 1. The van der Waals surface area contributed by atoms with Crippen molar-refractivity contribution in [2.75, 3.05) is 13.1 Å². The van der Waals surface area contributed by atoms with Gasteiger partial charge in [-0.2, -0.15) is 0 Å². The Balaban J connectivity index is 4.14. The number of aliphatic hydroxyl groups excluding tert-OH is 1. The molecule has 0 saturated heterocycles. The molecule has 1 N–H and O–H groups in total. The first-order valence-electron chi connectivity index (χ1n) is 5.33. The summed E-state index contributed by atoms with van der Waals surface area (Å²) in [5, 5.41) is 17.5. The number of diazo groups is 1. The second-order valence-electron chi connectivity index (χ2n) is 3.65. The summed E-state index contributed by atoms with van der Waals surface area (Å²) < 4.78 is 0. The van der Waals surface area contributed by atoms with E-state index in [0.29, 0.717) is 12.5 Å². The lowest BCUT2D eigenvalue weighted by atomic mass is 10.1. The highest BCUT2D eigenvalue weighted by atomic mass is 16.3. The van der Waals surface area contributed by atoms with Crippen molar-refractivity contribution in [2.24, 2.45) is 0 Å². The third-order valence-electron chi connectivity index (χ3n) is 2.38. The number of hydrogen-bond acceptors (Lipinski definition) is 3. The molecule has 0 amide bonds. The molecule has 0 bridgehead atoms. The number of aliphatic hydroxyl groups is 1. The molecule has 0 aliphatic heterocycles. The Kier molecular flexibility index (Phi) is 7.82. The molecule has 0 aliphatic rings. The second kappa shape index (κ2) is 8.69. The highest BCUT2D eigenvalue weighted by Crippen LogP contribution is 2.10. The Labute approximate surface area is 97.2 Å². The number of hydrogen-bond donors (Lipinski definition) is 1. The fourth-order valence-corrected chi connectivity index (χ4v) is 1.44. The van der Waals surface area contributed by atoms with Crippen molar-refractivity contribution in [3.63, 3.8) is 0 Å². The molecule has 16 heavy (non-hydrogen) atoms. The van der Waals surface area contributed by atoms with Gasteiger partial charge in [-0.05, 0) is 13.3 Å². The molecule has 0 aromatic carbocycles. The molecule has 0 aromatic heterocycles. The molecule has 1 unspecified atom stereocenters. The van der Waals surface area contributed by atoms with E-state index in [-0.39, 0.29) is 5.76 Å². The normalized spacial score (nSPS) is 13.2. The first kappa shape index (κ1) is 14.4. The van der Waals surface area contributed by atoms with E-state index in [0.717, 1.165) is 25.7 Å². The molecule has 4 nitrogen and oxygen atoms in total. The van der Waals surface area contributed by atoms with Crippen molar-refractivity contribution in [1.82, 2.24) is 4.90 Å². The Morgan fingerprint density at radius 2 is 2.00 bits per heavy atom. The predicted molar refractivity (Wildman–Crippen MR) is 66.5 cm³/mol. The molecular weight excluding hydrogens is 202 g/mol. The highest BCUT2D eigenvalue weighted by molar-refractivity contribution is 4.96. The van der Waals surface area contributed by atoms with Crippen LogP contribution in [0.15, 0.2) is 37.3 Å². The van der Waals surface area contributed by atoms with Crippen molar-refractivity contribution in [3.8, 4) is 0 Å². The van der Waals surface area contributed by atoms with Gasteiger partial charge >= 0.3 is 6.20 Å². The molecule has 0 saturated carbocycles. The van der Waals surface area contributed by atoms with Gasteiger partial charge in [0.05, 0.1) is 0 Å². The molecule has 0 radical (unpaired) electrons. The summed E-state index contributed by atoms with van der Waals surface area (Å²) in [7, 11) is 0. The van der Waals surface area contributed by atoms with Crippen molar-refractivity contribution >= 4 is 0 Å². The van der Waals surface area contributed by atoms with Crippen LogP contribution >= 0.6 is 0 Å². The van der Waals surface area contributed by atoms with Crippen LogP contribution in [0, 0.1) is 5.39 Å². The molecule has 0 heterocycles. The van der Waals surface area contributed by atoms with Gasteiger partial charge in [-0.1, -0.05) is 12.2 Å². The lowest BCUT2D eigenvalue weighted by Crippen LogP contribution is -2.33. The molecule has 0 rings (SSSR count).